The molecular weight excluding hydrogens is 625 g/mol. The summed E-state index contributed by atoms with van der Waals surface area (Å²) in [5.74, 6) is 0. The van der Waals surface area contributed by atoms with Crippen LogP contribution in [-0.2, 0) is 0 Å². The molecule has 0 saturated carbocycles. The van der Waals surface area contributed by atoms with Crippen LogP contribution in [-0.4, -0.2) is 0 Å². The van der Waals surface area contributed by atoms with Gasteiger partial charge in [-0.15, -0.1) is 0 Å². The van der Waals surface area contributed by atoms with Gasteiger partial charge in [-0.05, 0) is 125 Å². The Morgan fingerprint density at radius 1 is 0.212 bits per heavy atom. The second-order valence-electron chi connectivity index (χ2n) is 14.3. The van der Waals surface area contributed by atoms with Crippen LogP contribution in [0.25, 0.3) is 119 Å². The van der Waals surface area contributed by atoms with Crippen LogP contribution in [0.15, 0.2) is 182 Å². The average molecular weight is 655 g/mol. The van der Waals surface area contributed by atoms with Gasteiger partial charge >= 0.3 is 0 Å². The number of hydrogen-bond donors (Lipinski definition) is 0. The Balaban J connectivity index is 1.36. The van der Waals surface area contributed by atoms with E-state index in [0.29, 0.717) is 0 Å². The molecule has 12 rings (SSSR count). The Bertz CT molecular complexity index is 3440. The number of hydrogen-bond acceptors (Lipinski definition) is 0. The lowest BCUT2D eigenvalue weighted by Crippen LogP contribution is -1.94. The lowest BCUT2D eigenvalue weighted by Gasteiger charge is -2.22. The summed E-state index contributed by atoms with van der Waals surface area (Å²) in [5.41, 5.74) is 5.11. The molecule has 12 aromatic rings. The third-order valence-electron chi connectivity index (χ3n) is 11.7. The standard InChI is InChI=1S/C52H30/c1-2-13-32(14-3-1)48-37-19-6-7-20-41(37)50(44-29-28-31-12-4-5-18-36(31)51(44)48)45-30-35-17-10-23-39-38-21-8-15-33-26-27-34-16-9-22-40(47(34)46(33)38)42-24-11-25-43(45)52(42)49(35)39/h1-30H. The highest BCUT2D eigenvalue weighted by atomic mass is 14.2. The highest BCUT2D eigenvalue weighted by Crippen LogP contribution is 2.50. The van der Waals surface area contributed by atoms with Gasteiger partial charge in [-0.3, -0.25) is 0 Å². The average Bonchev–Trinajstić information content (AvgIpc) is 3.21. The molecule has 0 aliphatic rings. The van der Waals surface area contributed by atoms with E-state index >= 15 is 0 Å². The van der Waals surface area contributed by atoms with Crippen LogP contribution in [0.5, 0.6) is 0 Å². The van der Waals surface area contributed by atoms with Crippen LogP contribution in [0.4, 0.5) is 0 Å². The van der Waals surface area contributed by atoms with Crippen molar-refractivity contribution in [3.8, 4) is 22.3 Å². The first-order chi connectivity index (χ1) is 25.8. The normalized spacial score (nSPS) is 12.2. The minimum absolute atomic E-state index is 1.24. The molecule has 0 fully saturated rings. The molecule has 0 amide bonds. The molecular formula is C52H30. The van der Waals surface area contributed by atoms with E-state index in [-0.39, 0.29) is 0 Å². The molecule has 0 unspecified atom stereocenters. The molecule has 238 valence electrons. The van der Waals surface area contributed by atoms with Gasteiger partial charge in [0.05, 0.1) is 0 Å². The van der Waals surface area contributed by atoms with Crippen molar-refractivity contribution in [2.45, 2.75) is 0 Å². The molecule has 0 spiro atoms. The minimum Gasteiger partial charge on any atom is -0.0622 e. The zero-order valence-corrected chi connectivity index (χ0v) is 28.3. The van der Waals surface area contributed by atoms with E-state index in [1.807, 2.05) is 0 Å². The number of benzene rings is 11. The fourth-order valence-electron chi connectivity index (χ4n) is 9.65. The summed E-state index contributed by atoms with van der Waals surface area (Å²) in [4.78, 5) is 0. The molecule has 0 saturated heterocycles. The van der Waals surface area contributed by atoms with Gasteiger partial charge in [-0.25, -0.2) is 0 Å². The second-order valence-corrected chi connectivity index (χ2v) is 14.3. The first-order valence-corrected chi connectivity index (χ1v) is 18.2. The maximum absolute atomic E-state index is 2.48. The largest absolute Gasteiger partial charge is 0.0622 e. The highest BCUT2D eigenvalue weighted by molar-refractivity contribution is 6.39. The van der Waals surface area contributed by atoms with Crippen LogP contribution < -0.4 is 0 Å². The molecule has 0 heteroatoms. The van der Waals surface area contributed by atoms with Crippen molar-refractivity contribution in [1.82, 2.24) is 0 Å². The molecule has 0 aliphatic heterocycles. The predicted molar refractivity (Wildman–Crippen MR) is 226 cm³/mol. The van der Waals surface area contributed by atoms with Gasteiger partial charge < -0.3 is 0 Å². The topological polar surface area (TPSA) is 0 Å². The van der Waals surface area contributed by atoms with Gasteiger partial charge in [-0.1, -0.05) is 176 Å². The molecule has 0 nitrogen and oxygen atoms in total. The van der Waals surface area contributed by atoms with E-state index in [0.717, 1.165) is 0 Å². The van der Waals surface area contributed by atoms with Crippen LogP contribution in [0.3, 0.4) is 0 Å². The maximum atomic E-state index is 2.48. The van der Waals surface area contributed by atoms with Crippen molar-refractivity contribution >= 4 is 97.0 Å². The van der Waals surface area contributed by atoms with Crippen molar-refractivity contribution in [2.75, 3.05) is 0 Å². The van der Waals surface area contributed by atoms with Crippen molar-refractivity contribution in [2.24, 2.45) is 0 Å². The zero-order chi connectivity index (χ0) is 33.9. The number of fused-ring (bicyclic) bond motifs is 6. The summed E-state index contributed by atoms with van der Waals surface area (Å²) < 4.78 is 0. The summed E-state index contributed by atoms with van der Waals surface area (Å²) in [6.45, 7) is 0. The van der Waals surface area contributed by atoms with Crippen LogP contribution >= 0.6 is 0 Å². The van der Waals surface area contributed by atoms with E-state index in [2.05, 4.69) is 182 Å². The van der Waals surface area contributed by atoms with Crippen molar-refractivity contribution in [1.29, 1.82) is 0 Å². The summed E-state index contributed by atoms with van der Waals surface area (Å²) in [6.07, 6.45) is 0. The van der Waals surface area contributed by atoms with Crippen molar-refractivity contribution < 1.29 is 0 Å². The van der Waals surface area contributed by atoms with E-state index in [4.69, 9.17) is 0 Å². The van der Waals surface area contributed by atoms with Gasteiger partial charge in [0, 0.05) is 0 Å². The first-order valence-electron chi connectivity index (χ1n) is 18.2. The predicted octanol–water partition coefficient (Wildman–Crippen LogP) is 14.8. The fourth-order valence-corrected chi connectivity index (χ4v) is 9.65. The molecule has 12 aromatic carbocycles. The van der Waals surface area contributed by atoms with Gasteiger partial charge in [0.2, 0.25) is 0 Å². The zero-order valence-electron chi connectivity index (χ0n) is 28.3. The summed E-state index contributed by atoms with van der Waals surface area (Å²) >= 11 is 0. The monoisotopic (exact) mass is 654 g/mol. The molecule has 0 atom stereocenters. The first kappa shape index (κ1) is 28.0. The third-order valence-corrected chi connectivity index (χ3v) is 11.7. The van der Waals surface area contributed by atoms with E-state index in [9.17, 15) is 0 Å². The lowest BCUT2D eigenvalue weighted by molar-refractivity contribution is 1.67. The van der Waals surface area contributed by atoms with Crippen LogP contribution in [0.2, 0.25) is 0 Å². The van der Waals surface area contributed by atoms with E-state index < -0.39 is 0 Å². The smallest absolute Gasteiger partial charge is 0.00141 e. The van der Waals surface area contributed by atoms with Gasteiger partial charge in [-0.2, -0.15) is 0 Å². The van der Waals surface area contributed by atoms with Crippen LogP contribution in [0.1, 0.15) is 0 Å². The third kappa shape index (κ3) is 3.66. The van der Waals surface area contributed by atoms with Crippen molar-refractivity contribution in [3.05, 3.63) is 182 Å². The molecule has 0 radical (unpaired) electrons. The lowest BCUT2D eigenvalue weighted by atomic mass is 9.81. The Kier molecular flexibility index (Phi) is 5.59. The fraction of sp³-hybridized carbons (Fsp3) is 0. The molecule has 0 bridgehead atoms. The Morgan fingerprint density at radius 3 is 1.37 bits per heavy atom. The Hall–Kier alpha value is -6.76. The highest BCUT2D eigenvalue weighted by Gasteiger charge is 2.22. The van der Waals surface area contributed by atoms with Gasteiger partial charge in [0.25, 0.3) is 0 Å². The summed E-state index contributed by atoms with van der Waals surface area (Å²) in [5, 5.41) is 23.3. The minimum atomic E-state index is 1.24. The molecule has 52 heavy (non-hydrogen) atoms. The Labute approximate surface area is 300 Å². The van der Waals surface area contributed by atoms with Crippen molar-refractivity contribution in [3.63, 3.8) is 0 Å². The van der Waals surface area contributed by atoms with Crippen LogP contribution in [0, 0.1) is 0 Å². The molecule has 0 heterocycles. The van der Waals surface area contributed by atoms with E-state index in [1.165, 1.54) is 119 Å². The summed E-state index contributed by atoms with van der Waals surface area (Å²) in [6, 6.07) is 68.2. The molecule has 0 aromatic heterocycles. The van der Waals surface area contributed by atoms with E-state index in [1.54, 1.807) is 0 Å². The molecule has 0 N–H and O–H groups in total. The molecule has 0 aliphatic carbocycles. The summed E-state index contributed by atoms with van der Waals surface area (Å²) in [7, 11) is 0. The number of rotatable bonds is 2. The van der Waals surface area contributed by atoms with Gasteiger partial charge in [0.15, 0.2) is 0 Å². The SMILES string of the molecule is c1ccc(-c2c3ccccc3c(-c3cc4cccc5c6cccc7ccc8cccc(c9cccc3c9c45)c8c76)c3ccc4ccccc4c23)cc1. The maximum Gasteiger partial charge on any atom is -0.00141 e. The Morgan fingerprint density at radius 2 is 0.673 bits per heavy atom. The second kappa shape index (κ2) is 10.4. The van der Waals surface area contributed by atoms with Gasteiger partial charge in [0.1, 0.15) is 0 Å². The quantitative estimate of drug-likeness (QED) is 0.129.